The average Bonchev–Trinajstić information content (AvgIpc) is 3.56. The van der Waals surface area contributed by atoms with E-state index >= 15 is 0 Å². The minimum atomic E-state index is -0.311. The molecule has 274 valence electrons. The molecule has 0 N–H and O–H groups in total. The summed E-state index contributed by atoms with van der Waals surface area (Å²) in [5.41, 5.74) is 10.3. The van der Waals surface area contributed by atoms with E-state index in [1.54, 1.807) is 0 Å². The van der Waals surface area contributed by atoms with Gasteiger partial charge in [-0.2, -0.15) is 0 Å². The van der Waals surface area contributed by atoms with E-state index in [1.165, 1.54) is 109 Å². The van der Waals surface area contributed by atoms with Crippen molar-refractivity contribution in [3.63, 3.8) is 0 Å². The lowest BCUT2D eigenvalue weighted by Crippen LogP contribution is -2.50. The molecular formula is C57H46. The second kappa shape index (κ2) is 11.9. The highest BCUT2D eigenvalue weighted by atomic mass is 14.6. The van der Waals surface area contributed by atoms with Gasteiger partial charge in [0.15, 0.2) is 0 Å². The molecule has 0 saturated heterocycles. The van der Waals surface area contributed by atoms with Gasteiger partial charge >= 0.3 is 0 Å². The Kier molecular flexibility index (Phi) is 7.10. The van der Waals surface area contributed by atoms with Crippen molar-refractivity contribution in [2.45, 2.75) is 47.0 Å². The van der Waals surface area contributed by atoms with Gasteiger partial charge in [-0.05, 0) is 126 Å². The SMILES string of the molecule is CC(C)(C)C1(C(C)(C)C)c2c(cc(-c3c4ccccc4c(-c4cccc5ccccc45)c4ccccc34)c3ccccc23)-c2c1c1ccccc1c1ccccc21. The molecule has 0 unspecified atom stereocenters. The van der Waals surface area contributed by atoms with Crippen molar-refractivity contribution in [1.29, 1.82) is 0 Å². The summed E-state index contributed by atoms with van der Waals surface area (Å²) < 4.78 is 0. The molecule has 0 spiro atoms. The predicted octanol–water partition coefficient (Wildman–Crippen LogP) is 16.3. The fourth-order valence-corrected chi connectivity index (χ4v) is 11.9. The van der Waals surface area contributed by atoms with Crippen molar-refractivity contribution < 1.29 is 0 Å². The summed E-state index contributed by atoms with van der Waals surface area (Å²) in [5, 5.41) is 15.7. The van der Waals surface area contributed by atoms with E-state index in [4.69, 9.17) is 0 Å². The molecule has 1 aliphatic carbocycles. The molecule has 0 radical (unpaired) electrons. The second-order valence-electron chi connectivity index (χ2n) is 18.4. The largest absolute Gasteiger partial charge is 0.0616 e. The first kappa shape index (κ1) is 34.0. The Morgan fingerprint density at radius 3 is 1.18 bits per heavy atom. The van der Waals surface area contributed by atoms with Crippen molar-refractivity contribution >= 4 is 64.6 Å². The zero-order valence-corrected chi connectivity index (χ0v) is 33.7. The van der Waals surface area contributed by atoms with Crippen LogP contribution < -0.4 is 0 Å². The van der Waals surface area contributed by atoms with Crippen LogP contribution in [0.1, 0.15) is 52.7 Å². The topological polar surface area (TPSA) is 0 Å². The molecule has 0 nitrogen and oxygen atoms in total. The molecular weight excluding hydrogens is 685 g/mol. The Labute approximate surface area is 335 Å². The molecule has 0 heterocycles. The monoisotopic (exact) mass is 730 g/mol. The van der Waals surface area contributed by atoms with Gasteiger partial charge < -0.3 is 0 Å². The number of fused-ring (bicyclic) bond motifs is 13. The van der Waals surface area contributed by atoms with Gasteiger partial charge in [0.2, 0.25) is 0 Å². The van der Waals surface area contributed by atoms with Crippen LogP contribution in [0.15, 0.2) is 170 Å². The number of hydrogen-bond acceptors (Lipinski definition) is 0. The van der Waals surface area contributed by atoms with Crippen molar-refractivity contribution in [3.8, 4) is 33.4 Å². The number of rotatable bonds is 2. The zero-order chi connectivity index (χ0) is 38.8. The molecule has 0 amide bonds. The van der Waals surface area contributed by atoms with Gasteiger partial charge in [-0.1, -0.05) is 205 Å². The first-order valence-electron chi connectivity index (χ1n) is 20.5. The van der Waals surface area contributed by atoms with Gasteiger partial charge in [-0.15, -0.1) is 0 Å². The lowest BCUT2D eigenvalue weighted by molar-refractivity contribution is 0.0977. The molecule has 0 heteroatoms. The van der Waals surface area contributed by atoms with Crippen molar-refractivity contribution in [2.75, 3.05) is 0 Å². The van der Waals surface area contributed by atoms with Crippen LogP contribution in [-0.2, 0) is 5.41 Å². The quantitative estimate of drug-likeness (QED) is 0.123. The summed E-state index contributed by atoms with van der Waals surface area (Å²) in [5.74, 6) is 0. The molecule has 11 rings (SSSR count). The minimum Gasteiger partial charge on any atom is -0.0616 e. The third-order valence-electron chi connectivity index (χ3n) is 13.5. The van der Waals surface area contributed by atoms with Crippen molar-refractivity contribution in [1.82, 2.24) is 0 Å². The maximum absolute atomic E-state index is 2.61. The van der Waals surface area contributed by atoms with E-state index in [2.05, 4.69) is 211 Å². The Balaban J connectivity index is 1.37. The molecule has 0 aliphatic heterocycles. The Hall–Kier alpha value is -6.24. The lowest BCUT2D eigenvalue weighted by atomic mass is 9.49. The molecule has 0 aromatic heterocycles. The van der Waals surface area contributed by atoms with E-state index in [-0.39, 0.29) is 16.2 Å². The lowest BCUT2D eigenvalue weighted by Gasteiger charge is -2.54. The molecule has 57 heavy (non-hydrogen) atoms. The van der Waals surface area contributed by atoms with Crippen LogP contribution in [0.4, 0.5) is 0 Å². The van der Waals surface area contributed by atoms with E-state index in [1.807, 2.05) is 0 Å². The van der Waals surface area contributed by atoms with Gasteiger partial charge in [0, 0.05) is 5.41 Å². The van der Waals surface area contributed by atoms with Crippen LogP contribution in [0.25, 0.3) is 98.0 Å². The Bertz CT molecular complexity index is 3230. The standard InChI is InChI=1S/C57H46/c1-55(2,3)57(56(4,5)6)53-46-31-17-11-25-39(46)48(34-49(53)52-41-26-12-9-23-37(41)38-24-10-18-32-47(38)54(52)57)51-44-29-15-13-27-42(44)50(43-28-14-16-30-45(43)51)40-33-19-21-35-20-7-8-22-36(35)40/h7-34H,1-6H3. The highest BCUT2D eigenvalue weighted by Gasteiger charge is 2.59. The molecule has 10 aromatic carbocycles. The Morgan fingerprint density at radius 1 is 0.281 bits per heavy atom. The Morgan fingerprint density at radius 2 is 0.649 bits per heavy atom. The van der Waals surface area contributed by atoms with Crippen LogP contribution in [0.2, 0.25) is 0 Å². The molecule has 0 fully saturated rings. The summed E-state index contributed by atoms with van der Waals surface area (Å²) in [6.45, 7) is 14.9. The second-order valence-corrected chi connectivity index (χ2v) is 18.4. The van der Waals surface area contributed by atoms with E-state index < -0.39 is 0 Å². The van der Waals surface area contributed by atoms with Crippen LogP contribution >= 0.6 is 0 Å². The molecule has 1 aliphatic rings. The van der Waals surface area contributed by atoms with Gasteiger partial charge in [0.1, 0.15) is 0 Å². The summed E-state index contributed by atoms with van der Waals surface area (Å²) >= 11 is 0. The fraction of sp³-hybridized carbons (Fsp3) is 0.158. The first-order chi connectivity index (χ1) is 27.6. The van der Waals surface area contributed by atoms with Crippen LogP contribution in [-0.4, -0.2) is 0 Å². The normalized spacial score (nSPS) is 13.9. The molecule has 10 aromatic rings. The maximum Gasteiger partial charge on any atom is 0.0324 e. The van der Waals surface area contributed by atoms with Crippen molar-refractivity contribution in [2.24, 2.45) is 10.8 Å². The van der Waals surface area contributed by atoms with Gasteiger partial charge in [-0.3, -0.25) is 0 Å². The van der Waals surface area contributed by atoms with Crippen LogP contribution in [0, 0.1) is 10.8 Å². The van der Waals surface area contributed by atoms with Gasteiger partial charge in [0.05, 0.1) is 0 Å². The van der Waals surface area contributed by atoms with Gasteiger partial charge in [-0.25, -0.2) is 0 Å². The highest BCUT2D eigenvalue weighted by Crippen LogP contribution is 2.69. The minimum absolute atomic E-state index is 0.125. The third kappa shape index (κ3) is 4.45. The highest BCUT2D eigenvalue weighted by molar-refractivity contribution is 6.27. The maximum atomic E-state index is 2.61. The number of benzene rings is 10. The average molecular weight is 731 g/mol. The predicted molar refractivity (Wildman–Crippen MR) is 247 cm³/mol. The zero-order valence-electron chi connectivity index (χ0n) is 33.7. The molecule has 0 saturated carbocycles. The smallest absolute Gasteiger partial charge is 0.0324 e. The summed E-state index contributed by atoms with van der Waals surface area (Å²) in [4.78, 5) is 0. The third-order valence-corrected chi connectivity index (χ3v) is 13.5. The fourth-order valence-electron chi connectivity index (χ4n) is 11.9. The molecule has 0 bridgehead atoms. The summed E-state index contributed by atoms with van der Waals surface area (Å²) in [7, 11) is 0. The van der Waals surface area contributed by atoms with E-state index in [9.17, 15) is 0 Å². The van der Waals surface area contributed by atoms with Crippen molar-refractivity contribution in [3.05, 3.63) is 181 Å². The first-order valence-corrected chi connectivity index (χ1v) is 20.5. The summed E-state index contributed by atoms with van der Waals surface area (Å²) in [6, 6.07) is 64.2. The van der Waals surface area contributed by atoms with Crippen LogP contribution in [0.3, 0.4) is 0 Å². The summed E-state index contributed by atoms with van der Waals surface area (Å²) in [6.07, 6.45) is 0. The van der Waals surface area contributed by atoms with Gasteiger partial charge in [0.25, 0.3) is 0 Å². The van der Waals surface area contributed by atoms with E-state index in [0.717, 1.165) is 0 Å². The van der Waals surface area contributed by atoms with E-state index in [0.29, 0.717) is 0 Å². The number of hydrogen-bond donors (Lipinski definition) is 0. The van der Waals surface area contributed by atoms with Crippen LogP contribution in [0.5, 0.6) is 0 Å². The molecule has 0 atom stereocenters.